The summed E-state index contributed by atoms with van der Waals surface area (Å²) in [5, 5.41) is 8.42. The highest BCUT2D eigenvalue weighted by Crippen LogP contribution is 2.16. The summed E-state index contributed by atoms with van der Waals surface area (Å²) in [6.45, 7) is 1.35. The van der Waals surface area contributed by atoms with Crippen molar-refractivity contribution >= 4 is 21.7 Å². The first kappa shape index (κ1) is 14.3. The van der Waals surface area contributed by atoms with E-state index < -0.39 is 22.6 Å². The standard InChI is InChI=1S/C11H15NO5S/c1-2-7-18(15,16)12-9-3-5-10(6-4-9)17-8-11(13)14/h3-6,12H,2,7-8H2,1H3,(H,13,14). The third kappa shape index (κ3) is 5.05. The van der Waals surface area contributed by atoms with Crippen LogP contribution in [0.15, 0.2) is 24.3 Å². The Hall–Kier alpha value is -1.76. The minimum atomic E-state index is -3.31. The number of carboxylic acids is 1. The molecule has 7 heteroatoms. The van der Waals surface area contributed by atoms with Gasteiger partial charge in [-0.3, -0.25) is 4.72 Å². The van der Waals surface area contributed by atoms with E-state index in [2.05, 4.69) is 4.72 Å². The Bertz CT molecular complexity index is 495. The van der Waals surface area contributed by atoms with Crippen LogP contribution in [0.25, 0.3) is 0 Å². The van der Waals surface area contributed by atoms with Gasteiger partial charge in [-0.25, -0.2) is 13.2 Å². The smallest absolute Gasteiger partial charge is 0.341 e. The number of rotatable bonds is 7. The molecule has 0 saturated heterocycles. The minimum absolute atomic E-state index is 0.0598. The highest BCUT2D eigenvalue weighted by atomic mass is 32.2. The second-order valence-corrected chi connectivity index (χ2v) is 5.47. The number of hydrogen-bond donors (Lipinski definition) is 2. The second-order valence-electron chi connectivity index (χ2n) is 3.63. The van der Waals surface area contributed by atoms with E-state index in [0.29, 0.717) is 17.9 Å². The summed E-state index contributed by atoms with van der Waals surface area (Å²) in [4.78, 5) is 10.3. The van der Waals surface area contributed by atoms with Gasteiger partial charge in [-0.15, -0.1) is 0 Å². The van der Waals surface area contributed by atoms with Crippen molar-refractivity contribution in [2.75, 3.05) is 17.1 Å². The summed E-state index contributed by atoms with van der Waals surface area (Å²) < 4.78 is 30.3. The molecule has 2 N–H and O–H groups in total. The lowest BCUT2D eigenvalue weighted by Gasteiger charge is -2.08. The molecule has 6 nitrogen and oxygen atoms in total. The van der Waals surface area contributed by atoms with Crippen molar-refractivity contribution < 1.29 is 23.1 Å². The third-order valence-electron chi connectivity index (χ3n) is 1.96. The molecule has 0 radical (unpaired) electrons. The average molecular weight is 273 g/mol. The van der Waals surface area contributed by atoms with Gasteiger partial charge in [-0.2, -0.15) is 0 Å². The van der Waals surface area contributed by atoms with Crippen LogP contribution in [0.2, 0.25) is 0 Å². The van der Waals surface area contributed by atoms with E-state index in [1.165, 1.54) is 24.3 Å². The van der Waals surface area contributed by atoms with Crippen LogP contribution >= 0.6 is 0 Å². The zero-order chi connectivity index (χ0) is 13.6. The summed E-state index contributed by atoms with van der Waals surface area (Å²) in [6.07, 6.45) is 0.537. The maximum Gasteiger partial charge on any atom is 0.341 e. The van der Waals surface area contributed by atoms with E-state index in [4.69, 9.17) is 9.84 Å². The van der Waals surface area contributed by atoms with Crippen molar-refractivity contribution in [3.05, 3.63) is 24.3 Å². The quantitative estimate of drug-likeness (QED) is 0.781. The van der Waals surface area contributed by atoms with Gasteiger partial charge in [0.15, 0.2) is 6.61 Å². The monoisotopic (exact) mass is 273 g/mol. The Morgan fingerprint density at radius 3 is 2.44 bits per heavy atom. The first-order chi connectivity index (χ1) is 8.43. The zero-order valence-electron chi connectivity index (χ0n) is 9.92. The van der Waals surface area contributed by atoms with Gasteiger partial charge in [0.25, 0.3) is 0 Å². The Labute approximate surface area is 106 Å². The van der Waals surface area contributed by atoms with Gasteiger partial charge in [0.05, 0.1) is 5.75 Å². The molecule has 0 aliphatic carbocycles. The predicted molar refractivity (Wildman–Crippen MR) is 67.3 cm³/mol. The maximum absolute atomic E-state index is 11.5. The van der Waals surface area contributed by atoms with Crippen LogP contribution < -0.4 is 9.46 Å². The number of ether oxygens (including phenoxy) is 1. The van der Waals surface area contributed by atoms with E-state index in [1.807, 2.05) is 0 Å². The first-order valence-electron chi connectivity index (χ1n) is 5.38. The van der Waals surface area contributed by atoms with Crippen LogP contribution in [0.1, 0.15) is 13.3 Å². The molecule has 0 aliphatic heterocycles. The van der Waals surface area contributed by atoms with Crippen LogP contribution in [0.3, 0.4) is 0 Å². The van der Waals surface area contributed by atoms with Crippen LogP contribution in [-0.2, 0) is 14.8 Å². The second kappa shape index (κ2) is 6.25. The summed E-state index contributed by atoms with van der Waals surface area (Å²) in [5.74, 6) is -0.636. The average Bonchev–Trinajstić information content (AvgIpc) is 2.27. The molecule has 18 heavy (non-hydrogen) atoms. The van der Waals surface area contributed by atoms with Gasteiger partial charge in [0, 0.05) is 5.69 Å². The van der Waals surface area contributed by atoms with E-state index in [-0.39, 0.29) is 5.75 Å². The minimum Gasteiger partial charge on any atom is -0.482 e. The summed E-state index contributed by atoms with van der Waals surface area (Å²) in [6, 6.07) is 6.05. The van der Waals surface area contributed by atoms with Gasteiger partial charge in [-0.05, 0) is 30.7 Å². The highest BCUT2D eigenvalue weighted by Gasteiger charge is 2.08. The number of carboxylic acid groups (broad SMARTS) is 1. The van der Waals surface area contributed by atoms with Crippen molar-refractivity contribution in [1.82, 2.24) is 0 Å². The lowest BCUT2D eigenvalue weighted by Crippen LogP contribution is -2.16. The maximum atomic E-state index is 11.5. The number of anilines is 1. The Kier molecular flexibility index (Phi) is 4.96. The van der Waals surface area contributed by atoms with Crippen molar-refractivity contribution in [2.45, 2.75) is 13.3 Å². The molecule has 0 atom stereocenters. The Morgan fingerprint density at radius 2 is 1.94 bits per heavy atom. The molecule has 100 valence electrons. The summed E-state index contributed by atoms with van der Waals surface area (Å²) in [5.41, 5.74) is 0.422. The molecule has 1 aromatic carbocycles. The SMILES string of the molecule is CCCS(=O)(=O)Nc1ccc(OCC(=O)O)cc1. The third-order valence-corrected chi connectivity index (χ3v) is 3.46. The Balaban J connectivity index is 2.63. The molecule has 0 spiro atoms. The fourth-order valence-corrected chi connectivity index (χ4v) is 2.40. The van der Waals surface area contributed by atoms with Crippen molar-refractivity contribution in [2.24, 2.45) is 0 Å². The molecular formula is C11H15NO5S. The molecule has 0 heterocycles. The molecule has 0 aliphatic rings. The van der Waals surface area contributed by atoms with E-state index in [1.54, 1.807) is 6.92 Å². The molecule has 1 aromatic rings. The molecule has 0 bridgehead atoms. The number of carbonyl (C=O) groups is 1. The van der Waals surface area contributed by atoms with Crippen LogP contribution in [-0.4, -0.2) is 31.9 Å². The van der Waals surface area contributed by atoms with E-state index in [9.17, 15) is 13.2 Å². The topological polar surface area (TPSA) is 92.7 Å². The molecule has 1 rings (SSSR count). The number of sulfonamides is 1. The van der Waals surface area contributed by atoms with Crippen LogP contribution in [0, 0.1) is 0 Å². The molecule has 0 unspecified atom stereocenters. The highest BCUT2D eigenvalue weighted by molar-refractivity contribution is 7.92. The van der Waals surface area contributed by atoms with Crippen LogP contribution in [0.4, 0.5) is 5.69 Å². The van der Waals surface area contributed by atoms with Crippen molar-refractivity contribution in [3.63, 3.8) is 0 Å². The molecule has 0 fully saturated rings. The van der Waals surface area contributed by atoms with Gasteiger partial charge in [-0.1, -0.05) is 6.92 Å². The number of benzene rings is 1. The summed E-state index contributed by atoms with van der Waals surface area (Å²) >= 11 is 0. The molecule has 0 aromatic heterocycles. The molecule has 0 amide bonds. The molecular weight excluding hydrogens is 258 g/mol. The number of nitrogens with one attached hydrogen (secondary N) is 1. The largest absolute Gasteiger partial charge is 0.482 e. The van der Waals surface area contributed by atoms with Gasteiger partial charge >= 0.3 is 5.97 Å². The zero-order valence-corrected chi connectivity index (χ0v) is 10.7. The number of aliphatic carboxylic acids is 1. The van der Waals surface area contributed by atoms with Crippen molar-refractivity contribution in [3.8, 4) is 5.75 Å². The van der Waals surface area contributed by atoms with Gasteiger partial charge < -0.3 is 9.84 Å². The van der Waals surface area contributed by atoms with E-state index in [0.717, 1.165) is 0 Å². The normalized spacial score (nSPS) is 10.9. The predicted octanol–water partition coefficient (Wildman–Crippen LogP) is 1.30. The lowest BCUT2D eigenvalue weighted by atomic mass is 10.3. The summed E-state index contributed by atoms with van der Waals surface area (Å²) in [7, 11) is -3.31. The van der Waals surface area contributed by atoms with Gasteiger partial charge in [0.2, 0.25) is 10.0 Å². The van der Waals surface area contributed by atoms with Crippen LogP contribution in [0.5, 0.6) is 5.75 Å². The number of hydrogen-bond acceptors (Lipinski definition) is 4. The fourth-order valence-electron chi connectivity index (χ4n) is 1.26. The lowest BCUT2D eigenvalue weighted by molar-refractivity contribution is -0.139. The van der Waals surface area contributed by atoms with E-state index >= 15 is 0 Å². The fraction of sp³-hybridized carbons (Fsp3) is 0.364. The molecule has 0 saturated carbocycles. The Morgan fingerprint density at radius 1 is 1.33 bits per heavy atom. The first-order valence-corrected chi connectivity index (χ1v) is 7.03. The van der Waals surface area contributed by atoms with Gasteiger partial charge in [0.1, 0.15) is 5.75 Å². The van der Waals surface area contributed by atoms with Crippen molar-refractivity contribution in [1.29, 1.82) is 0 Å².